The fraction of sp³-hybridized carbons (Fsp3) is 0.273. The molecule has 0 spiro atoms. The third-order valence-corrected chi connectivity index (χ3v) is 5.31. The number of ketones is 1. The van der Waals surface area contributed by atoms with Crippen LogP contribution >= 0.6 is 0 Å². The number of carbonyl (C=O) groups excluding carboxylic acids is 1. The summed E-state index contributed by atoms with van der Waals surface area (Å²) in [6.45, 7) is 0.381. The van der Waals surface area contributed by atoms with Gasteiger partial charge in [0.2, 0.25) is 0 Å². The van der Waals surface area contributed by atoms with Crippen LogP contribution in [0, 0.1) is 10.1 Å². The summed E-state index contributed by atoms with van der Waals surface area (Å²) >= 11 is 0. The van der Waals surface area contributed by atoms with Gasteiger partial charge in [0.1, 0.15) is 5.69 Å². The topological polar surface area (TPSA) is 90.1 Å². The highest BCUT2D eigenvalue weighted by atomic mass is 16.6. The summed E-state index contributed by atoms with van der Waals surface area (Å²) in [5, 5.41) is 19.2. The van der Waals surface area contributed by atoms with Crippen LogP contribution in [0.5, 0.6) is 0 Å². The SMILES string of the molecule is O=C(c1ccccc1)c1ccc(NCc2ccn(C3CCCC3)n2)c([N+](=O)[O-])c1. The van der Waals surface area contributed by atoms with E-state index in [2.05, 4.69) is 10.4 Å². The minimum Gasteiger partial charge on any atom is -0.374 e. The summed E-state index contributed by atoms with van der Waals surface area (Å²) in [4.78, 5) is 23.7. The van der Waals surface area contributed by atoms with Crippen LogP contribution < -0.4 is 5.32 Å². The zero-order valence-corrected chi connectivity index (χ0v) is 16.0. The molecule has 29 heavy (non-hydrogen) atoms. The number of nitro groups is 1. The van der Waals surface area contributed by atoms with Crippen LogP contribution in [0.3, 0.4) is 0 Å². The Balaban J connectivity index is 1.50. The van der Waals surface area contributed by atoms with Crippen molar-refractivity contribution >= 4 is 17.2 Å². The van der Waals surface area contributed by atoms with Gasteiger partial charge in [-0.1, -0.05) is 43.2 Å². The number of hydrogen-bond acceptors (Lipinski definition) is 5. The molecule has 0 radical (unpaired) electrons. The molecule has 0 unspecified atom stereocenters. The average molecular weight is 390 g/mol. The van der Waals surface area contributed by atoms with Crippen LogP contribution in [-0.2, 0) is 6.54 Å². The molecule has 3 aromatic rings. The van der Waals surface area contributed by atoms with Gasteiger partial charge in [-0.3, -0.25) is 19.6 Å². The maximum atomic E-state index is 12.6. The van der Waals surface area contributed by atoms with Crippen molar-refractivity contribution in [2.45, 2.75) is 38.3 Å². The highest BCUT2D eigenvalue weighted by molar-refractivity contribution is 6.09. The van der Waals surface area contributed by atoms with Gasteiger partial charge in [0, 0.05) is 23.4 Å². The summed E-state index contributed by atoms with van der Waals surface area (Å²) in [7, 11) is 0. The summed E-state index contributed by atoms with van der Waals surface area (Å²) in [6, 6.07) is 15.7. The van der Waals surface area contributed by atoms with Crippen molar-refractivity contribution in [3.8, 4) is 0 Å². The van der Waals surface area contributed by atoms with E-state index in [0.717, 1.165) is 18.5 Å². The van der Waals surface area contributed by atoms with E-state index >= 15 is 0 Å². The Bertz CT molecular complexity index is 1020. The molecule has 1 N–H and O–H groups in total. The molecule has 1 aliphatic carbocycles. The van der Waals surface area contributed by atoms with Gasteiger partial charge in [-0.15, -0.1) is 0 Å². The van der Waals surface area contributed by atoms with Gasteiger partial charge in [0.05, 0.1) is 23.2 Å². The molecule has 7 heteroatoms. The lowest BCUT2D eigenvalue weighted by Crippen LogP contribution is -2.08. The molecule has 4 rings (SSSR count). The van der Waals surface area contributed by atoms with Gasteiger partial charge in [-0.25, -0.2) is 0 Å². The predicted octanol–water partition coefficient (Wildman–Crippen LogP) is 4.75. The number of hydrogen-bond donors (Lipinski definition) is 1. The number of nitrogens with one attached hydrogen (secondary N) is 1. The second kappa shape index (κ2) is 8.26. The number of aromatic nitrogens is 2. The van der Waals surface area contributed by atoms with Crippen LogP contribution in [0.15, 0.2) is 60.8 Å². The Morgan fingerprint density at radius 3 is 2.59 bits per heavy atom. The molecule has 7 nitrogen and oxygen atoms in total. The lowest BCUT2D eigenvalue weighted by Gasteiger charge is -2.10. The first-order chi connectivity index (χ1) is 14.1. The Morgan fingerprint density at radius 1 is 1.10 bits per heavy atom. The first kappa shape index (κ1) is 18.9. The molecular weight excluding hydrogens is 368 g/mol. The molecule has 0 aliphatic heterocycles. The van der Waals surface area contributed by atoms with Crippen molar-refractivity contribution in [3.05, 3.63) is 87.7 Å². The number of benzene rings is 2. The van der Waals surface area contributed by atoms with E-state index in [4.69, 9.17) is 0 Å². The van der Waals surface area contributed by atoms with Crippen molar-refractivity contribution in [1.82, 2.24) is 9.78 Å². The number of nitrogens with zero attached hydrogens (tertiary/aromatic N) is 3. The fourth-order valence-corrected chi connectivity index (χ4v) is 3.76. The van der Waals surface area contributed by atoms with Crippen LogP contribution in [0.1, 0.15) is 53.3 Å². The van der Waals surface area contributed by atoms with E-state index in [1.807, 2.05) is 23.0 Å². The third kappa shape index (κ3) is 4.18. The second-order valence-corrected chi connectivity index (χ2v) is 7.26. The molecule has 1 aromatic heterocycles. The summed E-state index contributed by atoms with van der Waals surface area (Å²) in [5.41, 5.74) is 1.87. The lowest BCUT2D eigenvalue weighted by molar-refractivity contribution is -0.384. The predicted molar refractivity (Wildman–Crippen MR) is 110 cm³/mol. The Morgan fingerprint density at radius 2 is 1.86 bits per heavy atom. The molecule has 148 valence electrons. The lowest BCUT2D eigenvalue weighted by atomic mass is 10.0. The molecule has 0 amide bonds. The van der Waals surface area contributed by atoms with E-state index in [1.165, 1.54) is 18.9 Å². The number of rotatable bonds is 7. The van der Waals surface area contributed by atoms with Gasteiger partial charge in [0.15, 0.2) is 5.78 Å². The van der Waals surface area contributed by atoms with E-state index in [-0.39, 0.29) is 11.5 Å². The fourth-order valence-electron chi connectivity index (χ4n) is 3.76. The Kier molecular flexibility index (Phi) is 5.37. The molecule has 1 fully saturated rings. The summed E-state index contributed by atoms with van der Waals surface area (Å²) < 4.78 is 2.00. The Labute approximate surface area is 168 Å². The van der Waals surface area contributed by atoms with Crippen LogP contribution in [0.4, 0.5) is 11.4 Å². The van der Waals surface area contributed by atoms with E-state index in [1.54, 1.807) is 36.4 Å². The van der Waals surface area contributed by atoms with E-state index < -0.39 is 4.92 Å². The van der Waals surface area contributed by atoms with Crippen molar-refractivity contribution in [2.75, 3.05) is 5.32 Å². The molecule has 2 aromatic carbocycles. The minimum atomic E-state index is -0.471. The molecule has 0 saturated heterocycles. The molecular formula is C22H22N4O3. The standard InChI is InChI=1S/C22H22N4O3/c27-22(16-6-2-1-3-7-16)17-10-11-20(21(14-17)26(28)29)23-15-18-12-13-25(24-18)19-8-4-5-9-19/h1-3,6-7,10-14,19,23H,4-5,8-9,15H2. The number of nitro benzene ring substituents is 1. The largest absolute Gasteiger partial charge is 0.374 e. The zero-order valence-electron chi connectivity index (χ0n) is 16.0. The maximum Gasteiger partial charge on any atom is 0.293 e. The smallest absolute Gasteiger partial charge is 0.293 e. The number of anilines is 1. The third-order valence-electron chi connectivity index (χ3n) is 5.31. The minimum absolute atomic E-state index is 0.123. The quantitative estimate of drug-likeness (QED) is 0.357. The van der Waals surface area contributed by atoms with Crippen molar-refractivity contribution in [1.29, 1.82) is 0 Å². The zero-order chi connectivity index (χ0) is 20.2. The number of carbonyl (C=O) groups is 1. The Hall–Kier alpha value is -3.48. The van der Waals surface area contributed by atoms with Crippen molar-refractivity contribution in [2.24, 2.45) is 0 Å². The van der Waals surface area contributed by atoms with Crippen molar-refractivity contribution < 1.29 is 9.72 Å². The second-order valence-electron chi connectivity index (χ2n) is 7.26. The van der Waals surface area contributed by atoms with Gasteiger partial charge in [-0.05, 0) is 31.0 Å². The molecule has 1 saturated carbocycles. The highest BCUT2D eigenvalue weighted by Crippen LogP contribution is 2.29. The first-order valence-corrected chi connectivity index (χ1v) is 9.78. The van der Waals surface area contributed by atoms with Gasteiger partial charge >= 0.3 is 0 Å². The normalized spacial score (nSPS) is 14.1. The summed E-state index contributed by atoms with van der Waals surface area (Å²) in [6.07, 6.45) is 6.74. The van der Waals surface area contributed by atoms with Crippen molar-refractivity contribution in [3.63, 3.8) is 0 Å². The molecule has 0 bridgehead atoms. The van der Waals surface area contributed by atoms with Crippen LogP contribution in [0.2, 0.25) is 0 Å². The molecule has 0 atom stereocenters. The van der Waals surface area contributed by atoms with Crippen LogP contribution in [0.25, 0.3) is 0 Å². The van der Waals surface area contributed by atoms with Crippen LogP contribution in [-0.4, -0.2) is 20.5 Å². The first-order valence-electron chi connectivity index (χ1n) is 9.78. The van der Waals surface area contributed by atoms with E-state index in [9.17, 15) is 14.9 Å². The van der Waals surface area contributed by atoms with Gasteiger partial charge < -0.3 is 5.32 Å². The van der Waals surface area contributed by atoms with E-state index in [0.29, 0.717) is 29.4 Å². The summed E-state index contributed by atoms with van der Waals surface area (Å²) in [5.74, 6) is -0.240. The van der Waals surface area contributed by atoms with Gasteiger partial charge in [-0.2, -0.15) is 5.10 Å². The monoisotopic (exact) mass is 390 g/mol. The molecule has 1 heterocycles. The maximum absolute atomic E-state index is 12.6. The van der Waals surface area contributed by atoms with Gasteiger partial charge in [0.25, 0.3) is 5.69 Å². The average Bonchev–Trinajstić information content (AvgIpc) is 3.44. The highest BCUT2D eigenvalue weighted by Gasteiger charge is 2.20. The molecule has 1 aliphatic rings.